The van der Waals surface area contributed by atoms with Crippen LogP contribution in [0.4, 0.5) is 11.4 Å². The summed E-state index contributed by atoms with van der Waals surface area (Å²) in [5.74, 6) is 0. The highest BCUT2D eigenvalue weighted by atomic mass is 35.5. The quantitative estimate of drug-likeness (QED) is 0.464. The van der Waals surface area contributed by atoms with E-state index in [1.807, 2.05) is 13.8 Å². The molecule has 0 spiro atoms. The van der Waals surface area contributed by atoms with Crippen molar-refractivity contribution in [2.45, 2.75) is 19.9 Å². The number of nitrogens with zero attached hydrogens (tertiary/aromatic N) is 2. The summed E-state index contributed by atoms with van der Waals surface area (Å²) < 4.78 is 0. The second-order valence-electron chi connectivity index (χ2n) is 3.81. The summed E-state index contributed by atoms with van der Waals surface area (Å²) in [6, 6.07) is 0.375. The second-order valence-corrected chi connectivity index (χ2v) is 4.22. The van der Waals surface area contributed by atoms with Gasteiger partial charge in [-0.05, 0) is 0 Å². The SMILES string of the molecule is CC(C)NCCNc1c(Cl)cncc1[N+](=O)[O-]. The van der Waals surface area contributed by atoms with Crippen LogP contribution in [0.3, 0.4) is 0 Å². The molecule has 1 aromatic rings. The van der Waals surface area contributed by atoms with Gasteiger partial charge in [-0.2, -0.15) is 0 Å². The maximum Gasteiger partial charge on any atom is 0.311 e. The summed E-state index contributed by atoms with van der Waals surface area (Å²) >= 11 is 5.87. The minimum Gasteiger partial charge on any atom is -0.377 e. The van der Waals surface area contributed by atoms with Crippen LogP contribution in [0, 0.1) is 10.1 Å². The molecular weight excluding hydrogens is 244 g/mol. The van der Waals surface area contributed by atoms with Crippen molar-refractivity contribution in [3.63, 3.8) is 0 Å². The van der Waals surface area contributed by atoms with Crippen LogP contribution in [-0.4, -0.2) is 29.0 Å². The van der Waals surface area contributed by atoms with Gasteiger partial charge in [0.1, 0.15) is 11.9 Å². The third kappa shape index (κ3) is 4.16. The standard InChI is InChI=1S/C10H15ClN4O2/c1-7(2)13-3-4-14-10-8(11)5-12-6-9(10)15(16)17/h5-7,13H,3-4H2,1-2H3,(H,12,14). The summed E-state index contributed by atoms with van der Waals surface area (Å²) in [4.78, 5) is 14.0. The Hall–Kier alpha value is -1.40. The number of pyridine rings is 1. The molecule has 2 N–H and O–H groups in total. The average molecular weight is 259 g/mol. The molecule has 1 heterocycles. The van der Waals surface area contributed by atoms with Crippen LogP contribution < -0.4 is 10.6 Å². The molecule has 0 fully saturated rings. The Morgan fingerprint density at radius 2 is 2.18 bits per heavy atom. The zero-order chi connectivity index (χ0) is 12.8. The minimum atomic E-state index is -0.503. The number of aromatic nitrogens is 1. The fourth-order valence-electron chi connectivity index (χ4n) is 1.29. The Kier molecular flexibility index (Phi) is 5.11. The third-order valence-corrected chi connectivity index (χ3v) is 2.34. The van der Waals surface area contributed by atoms with Gasteiger partial charge in [-0.3, -0.25) is 15.1 Å². The lowest BCUT2D eigenvalue weighted by Gasteiger charge is -2.10. The molecule has 0 saturated heterocycles. The number of hydrogen-bond donors (Lipinski definition) is 2. The largest absolute Gasteiger partial charge is 0.377 e. The summed E-state index contributed by atoms with van der Waals surface area (Å²) in [5.41, 5.74) is 0.208. The highest BCUT2D eigenvalue weighted by Crippen LogP contribution is 2.30. The molecule has 94 valence electrons. The van der Waals surface area contributed by atoms with Crippen molar-refractivity contribution in [2.24, 2.45) is 0 Å². The van der Waals surface area contributed by atoms with Crippen molar-refractivity contribution in [3.8, 4) is 0 Å². The van der Waals surface area contributed by atoms with Gasteiger partial charge < -0.3 is 10.6 Å². The van der Waals surface area contributed by atoms with Gasteiger partial charge in [0.2, 0.25) is 0 Å². The molecule has 0 amide bonds. The Morgan fingerprint density at radius 1 is 1.47 bits per heavy atom. The monoisotopic (exact) mass is 258 g/mol. The van der Waals surface area contributed by atoms with Crippen LogP contribution in [0.5, 0.6) is 0 Å². The zero-order valence-electron chi connectivity index (χ0n) is 9.74. The van der Waals surface area contributed by atoms with E-state index < -0.39 is 4.92 Å². The number of nitro groups is 1. The number of rotatable bonds is 6. The molecule has 0 aromatic carbocycles. The number of nitrogens with one attached hydrogen (secondary N) is 2. The van der Waals surface area contributed by atoms with E-state index >= 15 is 0 Å². The number of anilines is 1. The van der Waals surface area contributed by atoms with Gasteiger partial charge in [0, 0.05) is 25.3 Å². The van der Waals surface area contributed by atoms with Crippen molar-refractivity contribution < 1.29 is 4.92 Å². The van der Waals surface area contributed by atoms with Gasteiger partial charge in [0.05, 0.1) is 9.95 Å². The molecule has 0 unspecified atom stereocenters. The molecule has 6 nitrogen and oxygen atoms in total. The van der Waals surface area contributed by atoms with Crippen molar-refractivity contribution in [3.05, 3.63) is 27.5 Å². The topological polar surface area (TPSA) is 80.1 Å². The third-order valence-electron chi connectivity index (χ3n) is 2.06. The normalized spacial score (nSPS) is 10.6. The van der Waals surface area contributed by atoms with E-state index in [1.165, 1.54) is 12.4 Å². The molecule has 0 bridgehead atoms. The van der Waals surface area contributed by atoms with Crippen LogP contribution in [0.25, 0.3) is 0 Å². The molecule has 0 aliphatic heterocycles. The van der Waals surface area contributed by atoms with Crippen LogP contribution >= 0.6 is 11.6 Å². The van der Waals surface area contributed by atoms with Crippen molar-refractivity contribution >= 4 is 23.0 Å². The highest BCUT2D eigenvalue weighted by Gasteiger charge is 2.16. The van der Waals surface area contributed by atoms with E-state index in [0.29, 0.717) is 24.8 Å². The fourth-order valence-corrected chi connectivity index (χ4v) is 1.51. The van der Waals surface area contributed by atoms with E-state index in [4.69, 9.17) is 11.6 Å². The second kappa shape index (κ2) is 6.36. The molecule has 1 rings (SSSR count). The first-order valence-electron chi connectivity index (χ1n) is 5.27. The van der Waals surface area contributed by atoms with Gasteiger partial charge in [-0.1, -0.05) is 25.4 Å². The van der Waals surface area contributed by atoms with E-state index in [-0.39, 0.29) is 10.7 Å². The summed E-state index contributed by atoms with van der Waals surface area (Å²) in [6.07, 6.45) is 2.57. The average Bonchev–Trinajstić information content (AvgIpc) is 2.25. The Balaban J connectivity index is 2.66. The van der Waals surface area contributed by atoms with Gasteiger partial charge >= 0.3 is 5.69 Å². The van der Waals surface area contributed by atoms with Crippen molar-refractivity contribution in [1.29, 1.82) is 0 Å². The Morgan fingerprint density at radius 3 is 2.76 bits per heavy atom. The van der Waals surface area contributed by atoms with Crippen molar-refractivity contribution in [2.75, 3.05) is 18.4 Å². The Bertz CT molecular complexity index is 398. The zero-order valence-corrected chi connectivity index (χ0v) is 10.5. The molecule has 1 aromatic heterocycles. The predicted octanol–water partition coefficient (Wildman–Crippen LogP) is 2.05. The smallest absolute Gasteiger partial charge is 0.311 e. The predicted molar refractivity (Wildman–Crippen MR) is 67.5 cm³/mol. The Labute approximate surface area is 105 Å². The van der Waals surface area contributed by atoms with Gasteiger partial charge in [-0.15, -0.1) is 0 Å². The first kappa shape index (κ1) is 13.7. The van der Waals surface area contributed by atoms with Crippen LogP contribution in [0.15, 0.2) is 12.4 Å². The summed E-state index contributed by atoms with van der Waals surface area (Å²) in [5, 5.41) is 17.2. The van der Waals surface area contributed by atoms with Crippen LogP contribution in [0.1, 0.15) is 13.8 Å². The van der Waals surface area contributed by atoms with Crippen molar-refractivity contribution in [1.82, 2.24) is 10.3 Å². The highest BCUT2D eigenvalue weighted by molar-refractivity contribution is 6.33. The first-order chi connectivity index (χ1) is 8.02. The molecular formula is C10H15ClN4O2. The number of hydrogen-bond acceptors (Lipinski definition) is 5. The van der Waals surface area contributed by atoms with E-state index in [2.05, 4.69) is 15.6 Å². The minimum absolute atomic E-state index is 0.109. The maximum atomic E-state index is 10.8. The molecule has 0 atom stereocenters. The molecule has 7 heteroatoms. The first-order valence-corrected chi connectivity index (χ1v) is 5.65. The lowest BCUT2D eigenvalue weighted by atomic mass is 10.3. The molecule has 0 aliphatic carbocycles. The number of halogens is 1. The van der Waals surface area contributed by atoms with Crippen LogP contribution in [0.2, 0.25) is 5.02 Å². The lowest BCUT2D eigenvalue weighted by Crippen LogP contribution is -2.28. The van der Waals surface area contributed by atoms with Gasteiger partial charge in [0.15, 0.2) is 0 Å². The van der Waals surface area contributed by atoms with Gasteiger partial charge in [0.25, 0.3) is 0 Å². The molecule has 17 heavy (non-hydrogen) atoms. The summed E-state index contributed by atoms with van der Waals surface area (Å²) in [6.45, 7) is 5.32. The van der Waals surface area contributed by atoms with E-state index in [9.17, 15) is 10.1 Å². The molecule has 0 aliphatic rings. The van der Waals surface area contributed by atoms with Gasteiger partial charge in [-0.25, -0.2) is 0 Å². The molecule has 0 saturated carbocycles. The van der Waals surface area contributed by atoms with E-state index in [1.54, 1.807) is 0 Å². The maximum absolute atomic E-state index is 10.8. The fraction of sp³-hybridized carbons (Fsp3) is 0.500. The summed E-state index contributed by atoms with van der Waals surface area (Å²) in [7, 11) is 0. The van der Waals surface area contributed by atoms with Crippen LogP contribution in [-0.2, 0) is 0 Å². The molecule has 0 radical (unpaired) electrons. The lowest BCUT2D eigenvalue weighted by molar-refractivity contribution is -0.384. The van der Waals surface area contributed by atoms with E-state index in [0.717, 1.165) is 0 Å².